The lowest BCUT2D eigenvalue weighted by Crippen LogP contribution is -2.41. The number of benzene rings is 2. The summed E-state index contributed by atoms with van der Waals surface area (Å²) in [6, 6.07) is 8.91. The molecular formula is C18H21ClN2O4S. The minimum absolute atomic E-state index is 0.126. The van der Waals surface area contributed by atoms with Crippen molar-refractivity contribution in [1.29, 1.82) is 0 Å². The molecular weight excluding hydrogens is 376 g/mol. The molecule has 140 valence electrons. The molecule has 0 saturated carbocycles. The molecule has 0 bridgehead atoms. The number of hydrogen-bond acceptors (Lipinski definition) is 4. The van der Waals surface area contributed by atoms with E-state index in [0.29, 0.717) is 5.69 Å². The Kier molecular flexibility index (Phi) is 6.28. The van der Waals surface area contributed by atoms with Crippen molar-refractivity contribution in [2.24, 2.45) is 0 Å². The second kappa shape index (κ2) is 8.07. The molecule has 2 N–H and O–H groups in total. The van der Waals surface area contributed by atoms with Crippen LogP contribution < -0.4 is 14.8 Å². The molecule has 0 spiro atoms. The Balaban J connectivity index is 2.20. The fourth-order valence-corrected chi connectivity index (χ4v) is 3.96. The van der Waals surface area contributed by atoms with Crippen molar-refractivity contribution in [2.45, 2.75) is 31.7 Å². The van der Waals surface area contributed by atoms with Crippen molar-refractivity contribution in [2.75, 3.05) is 12.4 Å². The molecule has 1 amide bonds. The van der Waals surface area contributed by atoms with Gasteiger partial charge in [0.15, 0.2) is 0 Å². The van der Waals surface area contributed by atoms with Crippen molar-refractivity contribution >= 4 is 33.2 Å². The molecule has 0 radical (unpaired) electrons. The molecule has 2 aromatic carbocycles. The van der Waals surface area contributed by atoms with Crippen LogP contribution in [0.15, 0.2) is 41.3 Å². The molecule has 2 aromatic rings. The number of rotatable bonds is 6. The summed E-state index contributed by atoms with van der Waals surface area (Å²) in [4.78, 5) is 12.3. The average Bonchev–Trinajstić information content (AvgIpc) is 2.57. The van der Waals surface area contributed by atoms with E-state index in [0.717, 1.165) is 11.1 Å². The third kappa shape index (κ3) is 4.75. The Morgan fingerprint density at radius 1 is 1.15 bits per heavy atom. The summed E-state index contributed by atoms with van der Waals surface area (Å²) in [5.41, 5.74) is 2.51. The van der Waals surface area contributed by atoms with E-state index in [2.05, 4.69) is 10.0 Å². The smallest absolute Gasteiger partial charge is 0.245 e. The molecule has 0 aliphatic rings. The fourth-order valence-electron chi connectivity index (χ4n) is 2.32. The van der Waals surface area contributed by atoms with Crippen LogP contribution in [0.2, 0.25) is 5.02 Å². The Bertz CT molecular complexity index is 929. The Morgan fingerprint density at radius 3 is 2.50 bits per heavy atom. The number of halogens is 1. The highest BCUT2D eigenvalue weighted by Crippen LogP contribution is 2.27. The molecule has 2 rings (SSSR count). The van der Waals surface area contributed by atoms with Gasteiger partial charge in [0.05, 0.1) is 13.2 Å². The lowest BCUT2D eigenvalue weighted by Gasteiger charge is -2.17. The lowest BCUT2D eigenvalue weighted by atomic mass is 10.1. The number of carbonyl (C=O) groups is 1. The summed E-state index contributed by atoms with van der Waals surface area (Å²) in [5, 5.41) is 2.99. The monoisotopic (exact) mass is 396 g/mol. The van der Waals surface area contributed by atoms with E-state index in [1.807, 2.05) is 32.0 Å². The van der Waals surface area contributed by atoms with Gasteiger partial charge in [0.2, 0.25) is 15.9 Å². The summed E-state index contributed by atoms with van der Waals surface area (Å²) >= 11 is 5.89. The maximum absolute atomic E-state index is 12.6. The number of hydrogen-bond donors (Lipinski definition) is 2. The minimum Gasteiger partial charge on any atom is -0.495 e. The molecule has 0 unspecified atom stereocenters. The number of sulfonamides is 1. The zero-order valence-corrected chi connectivity index (χ0v) is 16.5. The fraction of sp³-hybridized carbons (Fsp3) is 0.278. The van der Waals surface area contributed by atoms with E-state index in [9.17, 15) is 13.2 Å². The van der Waals surface area contributed by atoms with Crippen LogP contribution in [0, 0.1) is 13.8 Å². The van der Waals surface area contributed by atoms with Gasteiger partial charge in [0.25, 0.3) is 0 Å². The number of nitrogens with one attached hydrogen (secondary N) is 2. The first-order valence-electron chi connectivity index (χ1n) is 7.88. The average molecular weight is 397 g/mol. The molecule has 26 heavy (non-hydrogen) atoms. The Labute approximate surface area is 158 Å². The SMILES string of the molecule is COc1ccc(Cl)cc1S(=O)(=O)N[C@@H](C)C(=O)Nc1cc(C)ccc1C. The maximum Gasteiger partial charge on any atom is 0.245 e. The number of methoxy groups -OCH3 is 1. The minimum atomic E-state index is -4.00. The molecule has 0 heterocycles. The molecule has 6 nitrogen and oxygen atoms in total. The number of carbonyl (C=O) groups excluding carboxylic acids is 1. The first kappa shape index (κ1) is 20.2. The van der Waals surface area contributed by atoms with Crippen molar-refractivity contribution in [3.05, 3.63) is 52.5 Å². The van der Waals surface area contributed by atoms with Gasteiger partial charge in [-0.3, -0.25) is 4.79 Å². The summed E-state index contributed by atoms with van der Waals surface area (Å²) in [6.45, 7) is 5.24. The summed E-state index contributed by atoms with van der Waals surface area (Å²) < 4.78 is 32.7. The predicted octanol–water partition coefficient (Wildman–Crippen LogP) is 3.27. The van der Waals surface area contributed by atoms with Gasteiger partial charge in [0, 0.05) is 10.7 Å². The molecule has 8 heteroatoms. The van der Waals surface area contributed by atoms with E-state index in [1.54, 1.807) is 0 Å². The van der Waals surface area contributed by atoms with Gasteiger partial charge in [-0.25, -0.2) is 8.42 Å². The molecule has 0 aromatic heterocycles. The Morgan fingerprint density at radius 2 is 1.85 bits per heavy atom. The lowest BCUT2D eigenvalue weighted by molar-refractivity contribution is -0.117. The maximum atomic E-state index is 12.6. The van der Waals surface area contributed by atoms with Gasteiger partial charge in [-0.05, 0) is 56.2 Å². The number of ether oxygens (including phenoxy) is 1. The van der Waals surface area contributed by atoms with Crippen LogP contribution in [-0.2, 0) is 14.8 Å². The van der Waals surface area contributed by atoms with Crippen molar-refractivity contribution in [3.8, 4) is 5.75 Å². The van der Waals surface area contributed by atoms with Gasteiger partial charge < -0.3 is 10.1 Å². The van der Waals surface area contributed by atoms with Crippen LogP contribution in [0.1, 0.15) is 18.1 Å². The van der Waals surface area contributed by atoms with Gasteiger partial charge in [-0.1, -0.05) is 23.7 Å². The Hall–Kier alpha value is -2.09. The normalized spacial score (nSPS) is 12.5. The largest absolute Gasteiger partial charge is 0.495 e. The third-order valence-corrected chi connectivity index (χ3v) is 5.59. The second-order valence-electron chi connectivity index (χ2n) is 5.95. The van der Waals surface area contributed by atoms with Crippen LogP contribution >= 0.6 is 11.6 Å². The van der Waals surface area contributed by atoms with E-state index in [4.69, 9.17) is 16.3 Å². The van der Waals surface area contributed by atoms with Crippen LogP contribution in [0.25, 0.3) is 0 Å². The van der Waals surface area contributed by atoms with Crippen molar-refractivity contribution in [1.82, 2.24) is 4.72 Å². The first-order valence-corrected chi connectivity index (χ1v) is 9.74. The van der Waals surface area contributed by atoms with E-state index in [1.165, 1.54) is 32.2 Å². The van der Waals surface area contributed by atoms with Gasteiger partial charge in [-0.2, -0.15) is 4.72 Å². The highest BCUT2D eigenvalue weighted by Gasteiger charge is 2.25. The standard InChI is InChI=1S/C18H21ClN2O4S/c1-11-5-6-12(2)15(9-11)20-18(22)13(3)21-26(23,24)17-10-14(19)7-8-16(17)25-4/h5-10,13,21H,1-4H3,(H,20,22)/t13-/m0/s1. The zero-order chi connectivity index (χ0) is 19.5. The summed E-state index contributed by atoms with van der Waals surface area (Å²) in [7, 11) is -2.64. The molecule has 0 aliphatic heterocycles. The second-order valence-corrected chi connectivity index (χ2v) is 8.06. The van der Waals surface area contributed by atoms with Gasteiger partial charge >= 0.3 is 0 Å². The zero-order valence-electron chi connectivity index (χ0n) is 15.0. The third-order valence-electron chi connectivity index (χ3n) is 3.79. The molecule has 0 aliphatic carbocycles. The van der Waals surface area contributed by atoms with Crippen LogP contribution in [0.3, 0.4) is 0 Å². The predicted molar refractivity (Wildman–Crippen MR) is 102 cm³/mol. The van der Waals surface area contributed by atoms with E-state index in [-0.39, 0.29) is 15.7 Å². The molecule has 1 atom stereocenters. The molecule has 0 fully saturated rings. The number of amides is 1. The number of aryl methyl sites for hydroxylation is 2. The highest BCUT2D eigenvalue weighted by molar-refractivity contribution is 7.89. The summed E-state index contributed by atoms with van der Waals surface area (Å²) in [5.74, 6) is -0.327. The molecule has 0 saturated heterocycles. The van der Waals surface area contributed by atoms with Crippen molar-refractivity contribution in [3.63, 3.8) is 0 Å². The van der Waals surface area contributed by atoms with Crippen molar-refractivity contribution < 1.29 is 17.9 Å². The van der Waals surface area contributed by atoms with E-state index >= 15 is 0 Å². The summed E-state index contributed by atoms with van der Waals surface area (Å²) in [6.07, 6.45) is 0. The first-order chi connectivity index (χ1) is 12.1. The number of anilines is 1. The van der Waals surface area contributed by atoms with E-state index < -0.39 is 22.0 Å². The van der Waals surface area contributed by atoms with Crippen LogP contribution in [0.4, 0.5) is 5.69 Å². The van der Waals surface area contributed by atoms with Gasteiger partial charge in [-0.15, -0.1) is 0 Å². The van der Waals surface area contributed by atoms with Gasteiger partial charge in [0.1, 0.15) is 10.6 Å². The topological polar surface area (TPSA) is 84.5 Å². The van der Waals surface area contributed by atoms with Crippen LogP contribution in [-0.4, -0.2) is 27.5 Å². The van der Waals surface area contributed by atoms with Crippen LogP contribution in [0.5, 0.6) is 5.75 Å². The quantitative estimate of drug-likeness (QED) is 0.784. The highest BCUT2D eigenvalue weighted by atomic mass is 35.5.